The van der Waals surface area contributed by atoms with Crippen molar-refractivity contribution < 1.29 is 14.3 Å². The number of aryl methyl sites for hydroxylation is 1. The van der Waals surface area contributed by atoms with E-state index in [2.05, 4.69) is 5.32 Å². The fraction of sp³-hybridized carbons (Fsp3) is 0.300. The minimum atomic E-state index is -0.442. The highest BCUT2D eigenvalue weighted by molar-refractivity contribution is 5.93. The highest BCUT2D eigenvalue weighted by atomic mass is 16.5. The molecule has 25 heavy (non-hydrogen) atoms. The highest BCUT2D eigenvalue weighted by Gasteiger charge is 2.33. The van der Waals surface area contributed by atoms with Gasteiger partial charge in [0.2, 0.25) is 5.91 Å². The van der Waals surface area contributed by atoms with Crippen molar-refractivity contribution in [3.8, 4) is 0 Å². The molecule has 1 atom stereocenters. The minimum absolute atomic E-state index is 0.136. The fourth-order valence-electron chi connectivity index (χ4n) is 3.20. The van der Waals surface area contributed by atoms with Gasteiger partial charge in [0, 0.05) is 12.2 Å². The summed E-state index contributed by atoms with van der Waals surface area (Å²) >= 11 is 0. The number of esters is 1. The molecule has 1 heterocycles. The van der Waals surface area contributed by atoms with Crippen molar-refractivity contribution >= 4 is 17.6 Å². The molecular formula is C20H22N2O3. The van der Waals surface area contributed by atoms with Gasteiger partial charge in [-0.25, -0.2) is 0 Å². The number of para-hydroxylation sites is 1. The first-order valence-electron chi connectivity index (χ1n) is 8.32. The molecule has 5 nitrogen and oxygen atoms in total. The zero-order chi connectivity index (χ0) is 17.8. The van der Waals surface area contributed by atoms with E-state index in [4.69, 9.17) is 4.74 Å². The van der Waals surface area contributed by atoms with Crippen LogP contribution in [-0.4, -0.2) is 36.5 Å². The largest absolute Gasteiger partial charge is 0.468 e. The van der Waals surface area contributed by atoms with Crippen LogP contribution in [0.2, 0.25) is 0 Å². The first-order valence-corrected chi connectivity index (χ1v) is 8.32. The summed E-state index contributed by atoms with van der Waals surface area (Å²) in [5.74, 6) is -0.444. The zero-order valence-corrected chi connectivity index (χ0v) is 14.5. The van der Waals surface area contributed by atoms with Crippen molar-refractivity contribution in [3.63, 3.8) is 0 Å². The molecule has 130 valence electrons. The highest BCUT2D eigenvalue weighted by Crippen LogP contribution is 2.24. The molecule has 0 fully saturated rings. The summed E-state index contributed by atoms with van der Waals surface area (Å²) < 4.78 is 4.94. The molecule has 0 spiro atoms. The van der Waals surface area contributed by atoms with Gasteiger partial charge in [0.05, 0.1) is 13.7 Å². The number of carbonyl (C=O) groups is 2. The Labute approximate surface area is 147 Å². The van der Waals surface area contributed by atoms with Crippen LogP contribution in [0.25, 0.3) is 0 Å². The summed E-state index contributed by atoms with van der Waals surface area (Å²) in [4.78, 5) is 26.6. The first-order chi connectivity index (χ1) is 12.1. The van der Waals surface area contributed by atoms with E-state index in [1.54, 1.807) is 0 Å². The predicted molar refractivity (Wildman–Crippen MR) is 96.2 cm³/mol. The summed E-state index contributed by atoms with van der Waals surface area (Å²) in [5, 5.41) is 2.93. The Morgan fingerprint density at radius 2 is 1.80 bits per heavy atom. The molecule has 0 bridgehead atoms. The van der Waals surface area contributed by atoms with E-state index in [0.717, 1.165) is 22.4 Å². The molecular weight excluding hydrogens is 316 g/mol. The predicted octanol–water partition coefficient (Wildman–Crippen LogP) is 2.53. The Bertz CT molecular complexity index is 788. The number of amides is 1. The van der Waals surface area contributed by atoms with Crippen LogP contribution in [0.15, 0.2) is 48.5 Å². The van der Waals surface area contributed by atoms with E-state index >= 15 is 0 Å². The molecule has 0 unspecified atom stereocenters. The van der Waals surface area contributed by atoms with Crippen molar-refractivity contribution in [3.05, 3.63) is 65.2 Å². The third kappa shape index (κ3) is 3.88. The molecule has 1 amide bonds. The maximum absolute atomic E-state index is 12.5. The molecule has 0 aromatic heterocycles. The fourth-order valence-corrected chi connectivity index (χ4v) is 3.20. The van der Waals surface area contributed by atoms with E-state index in [1.807, 2.05) is 60.4 Å². The van der Waals surface area contributed by atoms with Crippen molar-refractivity contribution in [2.24, 2.45) is 0 Å². The smallest absolute Gasteiger partial charge is 0.323 e. The SMILES string of the molecule is COC(=O)[C@H]1Cc2ccccc2CN1CC(=O)Nc1ccccc1C. The Balaban J connectivity index is 1.75. The van der Waals surface area contributed by atoms with Crippen LogP contribution in [0, 0.1) is 6.92 Å². The number of carbonyl (C=O) groups excluding carboxylic acids is 2. The minimum Gasteiger partial charge on any atom is -0.468 e. The molecule has 1 aliphatic heterocycles. The number of hydrogen-bond acceptors (Lipinski definition) is 4. The van der Waals surface area contributed by atoms with Gasteiger partial charge in [-0.15, -0.1) is 0 Å². The molecule has 1 N–H and O–H groups in total. The first kappa shape index (κ1) is 17.2. The number of fused-ring (bicyclic) bond motifs is 1. The van der Waals surface area contributed by atoms with Crippen LogP contribution in [-0.2, 0) is 27.3 Å². The average Bonchev–Trinajstić information content (AvgIpc) is 2.62. The molecule has 0 aliphatic carbocycles. The van der Waals surface area contributed by atoms with Crippen LogP contribution < -0.4 is 5.32 Å². The lowest BCUT2D eigenvalue weighted by Crippen LogP contribution is -2.49. The maximum atomic E-state index is 12.5. The monoisotopic (exact) mass is 338 g/mol. The lowest BCUT2D eigenvalue weighted by atomic mass is 9.94. The number of anilines is 1. The number of ether oxygens (including phenoxy) is 1. The van der Waals surface area contributed by atoms with Gasteiger partial charge in [0.15, 0.2) is 0 Å². The van der Waals surface area contributed by atoms with E-state index in [0.29, 0.717) is 13.0 Å². The van der Waals surface area contributed by atoms with E-state index in [-0.39, 0.29) is 18.4 Å². The van der Waals surface area contributed by atoms with Crippen LogP contribution in [0.5, 0.6) is 0 Å². The van der Waals surface area contributed by atoms with E-state index in [1.165, 1.54) is 7.11 Å². The van der Waals surface area contributed by atoms with E-state index < -0.39 is 6.04 Å². The van der Waals surface area contributed by atoms with Gasteiger partial charge in [-0.2, -0.15) is 0 Å². The average molecular weight is 338 g/mol. The second-order valence-corrected chi connectivity index (χ2v) is 6.28. The Kier molecular flexibility index (Phi) is 5.14. The van der Waals surface area contributed by atoms with Gasteiger partial charge < -0.3 is 10.1 Å². The normalized spacial score (nSPS) is 16.8. The van der Waals surface area contributed by atoms with Gasteiger partial charge >= 0.3 is 5.97 Å². The summed E-state index contributed by atoms with van der Waals surface area (Å²) in [5.41, 5.74) is 4.07. The van der Waals surface area contributed by atoms with Crippen molar-refractivity contribution in [2.45, 2.75) is 25.9 Å². The lowest BCUT2D eigenvalue weighted by molar-refractivity contribution is -0.148. The van der Waals surface area contributed by atoms with Crippen LogP contribution in [0.1, 0.15) is 16.7 Å². The van der Waals surface area contributed by atoms with Crippen LogP contribution in [0.3, 0.4) is 0 Å². The van der Waals surface area contributed by atoms with Gasteiger partial charge in [0.1, 0.15) is 6.04 Å². The summed E-state index contributed by atoms with van der Waals surface area (Å²) in [7, 11) is 1.38. The third-order valence-electron chi connectivity index (χ3n) is 4.58. The number of methoxy groups -OCH3 is 1. The van der Waals surface area contributed by atoms with Gasteiger partial charge in [-0.05, 0) is 36.1 Å². The number of nitrogens with zero attached hydrogens (tertiary/aromatic N) is 1. The van der Waals surface area contributed by atoms with Crippen molar-refractivity contribution in [1.82, 2.24) is 4.90 Å². The second-order valence-electron chi connectivity index (χ2n) is 6.28. The molecule has 2 aromatic rings. The summed E-state index contributed by atoms with van der Waals surface area (Å²) in [6.45, 7) is 2.64. The summed E-state index contributed by atoms with van der Waals surface area (Å²) in [6, 6.07) is 15.2. The quantitative estimate of drug-likeness (QED) is 0.871. The topological polar surface area (TPSA) is 58.6 Å². The van der Waals surface area contributed by atoms with Crippen molar-refractivity contribution in [1.29, 1.82) is 0 Å². The molecule has 1 aliphatic rings. The molecule has 0 saturated carbocycles. The van der Waals surface area contributed by atoms with E-state index in [9.17, 15) is 9.59 Å². The number of rotatable bonds is 4. The molecule has 3 rings (SSSR count). The second kappa shape index (κ2) is 7.49. The Morgan fingerprint density at radius 1 is 1.12 bits per heavy atom. The lowest BCUT2D eigenvalue weighted by Gasteiger charge is -2.34. The number of benzene rings is 2. The Hall–Kier alpha value is -2.66. The van der Waals surface area contributed by atoms with Crippen LogP contribution >= 0.6 is 0 Å². The Morgan fingerprint density at radius 3 is 2.52 bits per heavy atom. The van der Waals surface area contributed by atoms with Crippen LogP contribution in [0.4, 0.5) is 5.69 Å². The zero-order valence-electron chi connectivity index (χ0n) is 14.5. The van der Waals surface area contributed by atoms with Gasteiger partial charge in [-0.1, -0.05) is 42.5 Å². The van der Waals surface area contributed by atoms with Gasteiger partial charge in [0.25, 0.3) is 0 Å². The number of hydrogen-bond donors (Lipinski definition) is 1. The third-order valence-corrected chi connectivity index (χ3v) is 4.58. The molecule has 0 radical (unpaired) electrons. The van der Waals surface area contributed by atoms with Crippen molar-refractivity contribution in [2.75, 3.05) is 19.0 Å². The van der Waals surface area contributed by atoms with Gasteiger partial charge in [-0.3, -0.25) is 14.5 Å². The summed E-state index contributed by atoms with van der Waals surface area (Å²) in [6.07, 6.45) is 0.556. The molecule has 0 saturated heterocycles. The maximum Gasteiger partial charge on any atom is 0.323 e. The number of nitrogens with one attached hydrogen (secondary N) is 1. The standard InChI is InChI=1S/C20H22N2O3/c1-14-7-3-6-10-17(14)21-19(23)13-22-12-16-9-5-4-8-15(16)11-18(22)20(24)25-2/h3-10,18H,11-13H2,1-2H3,(H,21,23)/t18-/m1/s1. The molecule has 2 aromatic carbocycles. The molecule has 5 heteroatoms.